The van der Waals surface area contributed by atoms with Gasteiger partial charge in [-0.05, 0) is 57.0 Å². The zero-order chi connectivity index (χ0) is 23.4. The molecule has 0 aliphatic carbocycles. The van der Waals surface area contributed by atoms with Crippen LogP contribution >= 0.6 is 0 Å². The average molecular weight is 450 g/mol. The zero-order valence-electron chi connectivity index (χ0n) is 20.6. The number of benzene rings is 2. The van der Waals surface area contributed by atoms with E-state index in [-0.39, 0.29) is 6.03 Å². The Labute approximate surface area is 199 Å². The van der Waals surface area contributed by atoms with Gasteiger partial charge < -0.3 is 20.0 Å². The molecule has 0 aromatic heterocycles. The molecule has 4 rings (SSSR count). The van der Waals surface area contributed by atoms with Crippen LogP contribution in [0.3, 0.4) is 0 Å². The number of aryl methyl sites for hydroxylation is 1. The van der Waals surface area contributed by atoms with Gasteiger partial charge in [0.25, 0.3) is 0 Å². The summed E-state index contributed by atoms with van der Waals surface area (Å²) in [6, 6.07) is 18.5. The molecular formula is C27H39N5O. The first-order valence-corrected chi connectivity index (χ1v) is 12.4. The molecule has 2 amide bonds. The predicted octanol–water partition coefficient (Wildman–Crippen LogP) is 3.95. The van der Waals surface area contributed by atoms with Crippen LogP contribution in [0.1, 0.15) is 31.9 Å². The number of rotatable bonds is 5. The molecule has 0 radical (unpaired) electrons. The van der Waals surface area contributed by atoms with E-state index < -0.39 is 0 Å². The highest BCUT2D eigenvalue weighted by Gasteiger charge is 2.28. The van der Waals surface area contributed by atoms with Gasteiger partial charge in [0.05, 0.1) is 0 Å². The maximum Gasteiger partial charge on any atom is 0.317 e. The fraction of sp³-hybridized carbons (Fsp3) is 0.519. The highest BCUT2D eigenvalue weighted by Crippen LogP contribution is 2.29. The summed E-state index contributed by atoms with van der Waals surface area (Å²) in [5.41, 5.74) is 5.32. The Morgan fingerprint density at radius 1 is 0.970 bits per heavy atom. The molecule has 2 aromatic carbocycles. The van der Waals surface area contributed by atoms with Crippen molar-refractivity contribution in [1.82, 2.24) is 15.1 Å². The number of amides is 2. The van der Waals surface area contributed by atoms with Crippen molar-refractivity contribution in [3.63, 3.8) is 0 Å². The van der Waals surface area contributed by atoms with Crippen molar-refractivity contribution in [3.8, 4) is 0 Å². The standard InChI is InChI=1S/C27H39N5O/c1-5-28-27(33)31-15-16-32(23(4)19-31)25-11-12-26(21(2)17-25)30-14-13-29(22(3)18-30)20-24-9-7-6-8-10-24/h6-12,17,22-23H,5,13-16,18-20H2,1-4H3,(H,28,33)/t22-,23-/m1/s1. The lowest BCUT2D eigenvalue weighted by atomic mass is 10.1. The molecule has 6 heteroatoms. The van der Waals surface area contributed by atoms with Crippen molar-refractivity contribution in [2.45, 2.75) is 46.3 Å². The smallest absolute Gasteiger partial charge is 0.317 e. The van der Waals surface area contributed by atoms with Gasteiger partial charge in [-0.1, -0.05) is 30.3 Å². The maximum atomic E-state index is 12.2. The van der Waals surface area contributed by atoms with E-state index >= 15 is 0 Å². The van der Waals surface area contributed by atoms with Gasteiger partial charge in [0.1, 0.15) is 0 Å². The van der Waals surface area contributed by atoms with Crippen LogP contribution < -0.4 is 15.1 Å². The van der Waals surface area contributed by atoms with Crippen LogP contribution in [0.15, 0.2) is 48.5 Å². The lowest BCUT2D eigenvalue weighted by molar-refractivity contribution is 0.181. The van der Waals surface area contributed by atoms with Gasteiger partial charge in [0.2, 0.25) is 0 Å². The lowest BCUT2D eigenvalue weighted by Crippen LogP contribution is -2.56. The van der Waals surface area contributed by atoms with Crippen LogP contribution in [0.5, 0.6) is 0 Å². The number of nitrogens with one attached hydrogen (secondary N) is 1. The minimum atomic E-state index is 0.0519. The molecule has 2 fully saturated rings. The summed E-state index contributed by atoms with van der Waals surface area (Å²) in [6.45, 7) is 16.0. The molecule has 2 aliphatic rings. The molecule has 0 saturated carbocycles. The molecule has 2 aromatic rings. The highest BCUT2D eigenvalue weighted by molar-refractivity contribution is 5.74. The summed E-state index contributed by atoms with van der Waals surface area (Å²) in [7, 11) is 0. The third kappa shape index (κ3) is 5.44. The van der Waals surface area contributed by atoms with Crippen LogP contribution in [0, 0.1) is 6.92 Å². The van der Waals surface area contributed by atoms with E-state index in [9.17, 15) is 4.79 Å². The van der Waals surface area contributed by atoms with Gasteiger partial charge in [0.15, 0.2) is 0 Å². The quantitative estimate of drug-likeness (QED) is 0.751. The topological polar surface area (TPSA) is 42.1 Å². The SMILES string of the molecule is CCNC(=O)N1CCN(c2ccc(N3CCN(Cc4ccccc4)[C@H](C)C3)c(C)c2)[C@H](C)C1. The molecule has 2 heterocycles. The number of piperazine rings is 2. The van der Waals surface area contributed by atoms with Crippen LogP contribution in [-0.2, 0) is 6.54 Å². The van der Waals surface area contributed by atoms with Gasteiger partial charge >= 0.3 is 6.03 Å². The van der Waals surface area contributed by atoms with Gasteiger partial charge in [-0.15, -0.1) is 0 Å². The molecule has 6 nitrogen and oxygen atoms in total. The molecule has 0 bridgehead atoms. The number of carbonyl (C=O) groups excluding carboxylic acids is 1. The van der Waals surface area contributed by atoms with E-state index in [0.29, 0.717) is 18.6 Å². The molecule has 0 unspecified atom stereocenters. The van der Waals surface area contributed by atoms with Crippen molar-refractivity contribution in [2.75, 3.05) is 55.6 Å². The van der Waals surface area contributed by atoms with E-state index in [2.05, 4.69) is 89.3 Å². The van der Waals surface area contributed by atoms with Gasteiger partial charge in [0, 0.05) is 75.8 Å². The van der Waals surface area contributed by atoms with Gasteiger partial charge in [-0.25, -0.2) is 4.79 Å². The Morgan fingerprint density at radius 3 is 2.42 bits per heavy atom. The highest BCUT2D eigenvalue weighted by atomic mass is 16.2. The molecule has 2 atom stereocenters. The van der Waals surface area contributed by atoms with Gasteiger partial charge in [-0.3, -0.25) is 4.90 Å². The Balaban J connectivity index is 1.38. The van der Waals surface area contributed by atoms with Crippen molar-refractivity contribution in [1.29, 1.82) is 0 Å². The summed E-state index contributed by atoms with van der Waals surface area (Å²) >= 11 is 0. The third-order valence-corrected chi connectivity index (χ3v) is 7.09. The number of anilines is 2. The van der Waals surface area contributed by atoms with Crippen LogP contribution in [-0.4, -0.2) is 73.7 Å². The minimum Gasteiger partial charge on any atom is -0.368 e. The first-order valence-electron chi connectivity index (χ1n) is 12.4. The average Bonchev–Trinajstić information content (AvgIpc) is 2.81. The molecule has 1 N–H and O–H groups in total. The molecule has 33 heavy (non-hydrogen) atoms. The second kappa shape index (κ2) is 10.5. The third-order valence-electron chi connectivity index (χ3n) is 7.09. The molecule has 2 saturated heterocycles. The van der Waals surface area contributed by atoms with E-state index in [1.54, 1.807) is 0 Å². The van der Waals surface area contributed by atoms with Crippen molar-refractivity contribution in [2.24, 2.45) is 0 Å². The van der Waals surface area contributed by atoms with Crippen LogP contribution in [0.2, 0.25) is 0 Å². The van der Waals surface area contributed by atoms with Crippen molar-refractivity contribution in [3.05, 3.63) is 59.7 Å². The summed E-state index contributed by atoms with van der Waals surface area (Å²) in [4.78, 5) is 21.7. The Bertz CT molecular complexity index is 933. The normalized spacial score (nSPS) is 21.9. The van der Waals surface area contributed by atoms with Crippen molar-refractivity contribution < 1.29 is 4.79 Å². The molecule has 0 spiro atoms. The lowest BCUT2D eigenvalue weighted by Gasteiger charge is -2.43. The van der Waals surface area contributed by atoms with Gasteiger partial charge in [-0.2, -0.15) is 0 Å². The number of hydrogen-bond donors (Lipinski definition) is 1. The molecule has 2 aliphatic heterocycles. The fourth-order valence-corrected chi connectivity index (χ4v) is 5.23. The maximum absolute atomic E-state index is 12.2. The van der Waals surface area contributed by atoms with E-state index in [1.165, 1.54) is 22.5 Å². The van der Waals surface area contributed by atoms with E-state index in [1.807, 2.05) is 11.8 Å². The number of urea groups is 1. The summed E-state index contributed by atoms with van der Waals surface area (Å²) in [5.74, 6) is 0. The van der Waals surface area contributed by atoms with E-state index in [4.69, 9.17) is 0 Å². The monoisotopic (exact) mass is 449 g/mol. The van der Waals surface area contributed by atoms with E-state index in [0.717, 1.165) is 45.8 Å². The second-order valence-electron chi connectivity index (χ2n) is 9.55. The Morgan fingerprint density at radius 2 is 1.76 bits per heavy atom. The zero-order valence-corrected chi connectivity index (χ0v) is 20.6. The molecule has 178 valence electrons. The second-order valence-corrected chi connectivity index (χ2v) is 9.55. The van der Waals surface area contributed by atoms with Crippen molar-refractivity contribution >= 4 is 17.4 Å². The molecular weight excluding hydrogens is 410 g/mol. The van der Waals surface area contributed by atoms with Crippen LogP contribution in [0.25, 0.3) is 0 Å². The summed E-state index contributed by atoms with van der Waals surface area (Å²) in [6.07, 6.45) is 0. The Hall–Kier alpha value is -2.73. The number of nitrogens with zero attached hydrogens (tertiary/aromatic N) is 4. The van der Waals surface area contributed by atoms with Crippen LogP contribution in [0.4, 0.5) is 16.2 Å². The first kappa shape index (κ1) is 23.4. The largest absolute Gasteiger partial charge is 0.368 e. The predicted molar refractivity (Wildman–Crippen MR) is 137 cm³/mol. The number of carbonyl (C=O) groups is 1. The summed E-state index contributed by atoms with van der Waals surface area (Å²) in [5, 5.41) is 2.92. The fourth-order valence-electron chi connectivity index (χ4n) is 5.23. The minimum absolute atomic E-state index is 0.0519. The first-order chi connectivity index (χ1) is 16.0. The summed E-state index contributed by atoms with van der Waals surface area (Å²) < 4.78 is 0. The number of hydrogen-bond acceptors (Lipinski definition) is 4. The Kier molecular flexibility index (Phi) is 7.43.